The van der Waals surface area contributed by atoms with Gasteiger partial charge in [-0.2, -0.15) is 5.26 Å². The minimum absolute atomic E-state index is 0.108. The van der Waals surface area contributed by atoms with Crippen molar-refractivity contribution >= 4 is 46.2 Å². The van der Waals surface area contributed by atoms with Gasteiger partial charge in [-0.3, -0.25) is 4.79 Å². The molecule has 2 N–H and O–H groups in total. The number of hydrogen-bond acceptors (Lipinski definition) is 6. The van der Waals surface area contributed by atoms with Gasteiger partial charge in [0.2, 0.25) is 0 Å². The molecule has 0 saturated carbocycles. The number of rotatable bonds is 9. The smallest absolute Gasteiger partial charge is 0.341 e. The Morgan fingerprint density at radius 2 is 1.93 bits per heavy atom. The van der Waals surface area contributed by atoms with E-state index in [9.17, 15) is 14.9 Å². The molecule has 0 spiro atoms. The molecule has 156 valence electrons. The zero-order valence-corrected chi connectivity index (χ0v) is 18.4. The van der Waals surface area contributed by atoms with Crippen LogP contribution in [0.3, 0.4) is 0 Å². The van der Waals surface area contributed by atoms with E-state index in [-0.39, 0.29) is 11.3 Å². The molecule has 2 rings (SSSR count). The molecule has 0 bridgehead atoms. The second-order valence-electron chi connectivity index (χ2n) is 5.80. The maximum atomic E-state index is 12.5. The van der Waals surface area contributed by atoms with Crippen molar-refractivity contribution < 1.29 is 28.9 Å². The number of nitrogens with one attached hydrogen (secondary N) is 1. The Hall–Kier alpha value is -3.26. The molecule has 2 aromatic rings. The third kappa shape index (κ3) is 6.38. The number of methoxy groups -OCH3 is 1. The number of carboxylic acids is 1. The Morgan fingerprint density at radius 1 is 1.23 bits per heavy atom. The molecule has 2 aromatic carbocycles. The van der Waals surface area contributed by atoms with Crippen LogP contribution in [0, 0.1) is 14.9 Å². The first-order valence-corrected chi connectivity index (χ1v) is 9.84. The van der Waals surface area contributed by atoms with E-state index < -0.39 is 18.5 Å². The van der Waals surface area contributed by atoms with Gasteiger partial charge in [0.15, 0.2) is 18.1 Å². The Kier molecular flexibility index (Phi) is 8.49. The maximum absolute atomic E-state index is 12.5. The molecular weight excluding hydrogens is 503 g/mol. The molecule has 0 unspecified atom stereocenters. The highest BCUT2D eigenvalue weighted by Crippen LogP contribution is 2.35. The third-order valence-corrected chi connectivity index (χ3v) is 4.50. The van der Waals surface area contributed by atoms with Gasteiger partial charge in [0, 0.05) is 5.69 Å². The average Bonchev–Trinajstić information content (AvgIpc) is 2.72. The molecule has 0 aromatic heterocycles. The summed E-state index contributed by atoms with van der Waals surface area (Å²) in [6.45, 7) is 1.59. The van der Waals surface area contributed by atoms with Gasteiger partial charge in [0.25, 0.3) is 5.91 Å². The summed E-state index contributed by atoms with van der Waals surface area (Å²) in [5, 5.41) is 20.9. The van der Waals surface area contributed by atoms with Crippen molar-refractivity contribution in [2.75, 3.05) is 25.6 Å². The first kappa shape index (κ1) is 23.0. The van der Waals surface area contributed by atoms with Crippen molar-refractivity contribution in [2.24, 2.45) is 0 Å². The van der Waals surface area contributed by atoms with E-state index in [0.717, 1.165) is 0 Å². The van der Waals surface area contributed by atoms with Crippen molar-refractivity contribution in [1.82, 2.24) is 0 Å². The minimum Gasteiger partial charge on any atom is -0.497 e. The van der Waals surface area contributed by atoms with Gasteiger partial charge in [-0.05, 0) is 77.6 Å². The van der Waals surface area contributed by atoms with Crippen molar-refractivity contribution in [3.63, 3.8) is 0 Å². The number of halogens is 1. The Labute approximate surface area is 187 Å². The number of carbonyl (C=O) groups is 2. The molecule has 0 fully saturated rings. The number of ether oxygens (including phenoxy) is 3. The van der Waals surface area contributed by atoms with E-state index in [1.807, 2.05) is 28.7 Å². The lowest BCUT2D eigenvalue weighted by molar-refractivity contribution is -0.139. The number of nitriles is 1. The molecule has 30 heavy (non-hydrogen) atoms. The van der Waals surface area contributed by atoms with Gasteiger partial charge in [0.05, 0.1) is 17.3 Å². The Morgan fingerprint density at radius 3 is 2.50 bits per heavy atom. The Balaban J connectivity index is 2.29. The summed E-state index contributed by atoms with van der Waals surface area (Å²) < 4.78 is 16.5. The topological polar surface area (TPSA) is 118 Å². The van der Waals surface area contributed by atoms with Crippen LogP contribution in [0.4, 0.5) is 5.69 Å². The summed E-state index contributed by atoms with van der Waals surface area (Å²) in [6, 6.07) is 11.9. The number of anilines is 1. The van der Waals surface area contributed by atoms with Crippen LogP contribution in [0.2, 0.25) is 0 Å². The second-order valence-corrected chi connectivity index (χ2v) is 6.96. The summed E-state index contributed by atoms with van der Waals surface area (Å²) in [4.78, 5) is 23.3. The molecule has 1 amide bonds. The number of hydrogen-bond donors (Lipinski definition) is 2. The van der Waals surface area contributed by atoms with E-state index in [4.69, 9.17) is 19.3 Å². The molecule has 0 radical (unpaired) electrons. The average molecular weight is 522 g/mol. The monoisotopic (exact) mass is 522 g/mol. The number of amides is 1. The summed E-state index contributed by atoms with van der Waals surface area (Å²) >= 11 is 1.98. The standard InChI is InChI=1S/C21H19IN2O6/c1-3-29-18-10-13(9-17(22)20(18)30-12-19(25)26)8-14(11-23)21(27)24-15-4-6-16(28-2)7-5-15/h4-10H,3,12H2,1-2H3,(H,24,27)(H,25,26)/b14-8+. The van der Waals surface area contributed by atoms with Crippen molar-refractivity contribution in [1.29, 1.82) is 5.26 Å². The summed E-state index contributed by atoms with van der Waals surface area (Å²) in [5.74, 6) is -0.420. The number of carboxylic acid groups (broad SMARTS) is 1. The largest absolute Gasteiger partial charge is 0.497 e. The second kappa shape index (κ2) is 11.1. The lowest BCUT2D eigenvalue weighted by Gasteiger charge is -2.13. The lowest BCUT2D eigenvalue weighted by Crippen LogP contribution is -2.13. The highest BCUT2D eigenvalue weighted by atomic mass is 127. The zero-order valence-electron chi connectivity index (χ0n) is 16.3. The summed E-state index contributed by atoms with van der Waals surface area (Å²) in [5.41, 5.74) is 0.944. The first-order chi connectivity index (χ1) is 14.4. The molecule has 0 aliphatic carbocycles. The zero-order chi connectivity index (χ0) is 22.1. The predicted molar refractivity (Wildman–Crippen MR) is 119 cm³/mol. The lowest BCUT2D eigenvalue weighted by atomic mass is 10.1. The van der Waals surface area contributed by atoms with Crippen LogP contribution in [0.5, 0.6) is 17.2 Å². The fourth-order valence-corrected chi connectivity index (χ4v) is 3.18. The van der Waals surface area contributed by atoms with Crippen LogP contribution < -0.4 is 19.5 Å². The maximum Gasteiger partial charge on any atom is 0.341 e. The molecule has 8 nitrogen and oxygen atoms in total. The molecule has 0 heterocycles. The van der Waals surface area contributed by atoms with Gasteiger partial charge in [-0.1, -0.05) is 0 Å². The third-order valence-electron chi connectivity index (χ3n) is 3.70. The molecular formula is C21H19IN2O6. The molecule has 9 heteroatoms. The van der Waals surface area contributed by atoms with Crippen LogP contribution in [-0.2, 0) is 9.59 Å². The van der Waals surface area contributed by atoms with Crippen LogP contribution >= 0.6 is 22.6 Å². The molecule has 0 atom stereocenters. The van der Waals surface area contributed by atoms with E-state index in [0.29, 0.717) is 32.9 Å². The highest BCUT2D eigenvalue weighted by Gasteiger charge is 2.15. The summed E-state index contributed by atoms with van der Waals surface area (Å²) in [7, 11) is 1.54. The fraction of sp³-hybridized carbons (Fsp3) is 0.190. The van der Waals surface area contributed by atoms with Crippen LogP contribution in [-0.4, -0.2) is 37.3 Å². The van der Waals surface area contributed by atoms with Crippen molar-refractivity contribution in [3.8, 4) is 23.3 Å². The normalized spacial score (nSPS) is 10.7. The van der Waals surface area contributed by atoms with E-state index >= 15 is 0 Å². The van der Waals surface area contributed by atoms with Gasteiger partial charge in [0.1, 0.15) is 17.4 Å². The minimum atomic E-state index is -1.11. The highest BCUT2D eigenvalue weighted by molar-refractivity contribution is 14.1. The van der Waals surface area contributed by atoms with E-state index in [1.165, 1.54) is 6.08 Å². The SMILES string of the molecule is CCOc1cc(/C=C(\C#N)C(=O)Nc2ccc(OC)cc2)cc(I)c1OCC(=O)O. The van der Waals surface area contributed by atoms with Gasteiger partial charge in [-0.25, -0.2) is 4.79 Å². The molecule has 0 aliphatic rings. The Bertz CT molecular complexity index is 996. The van der Waals surface area contributed by atoms with Gasteiger partial charge in [-0.15, -0.1) is 0 Å². The van der Waals surface area contributed by atoms with Gasteiger partial charge >= 0.3 is 5.97 Å². The molecule has 0 saturated heterocycles. The molecule has 0 aliphatic heterocycles. The van der Waals surface area contributed by atoms with Crippen molar-refractivity contribution in [3.05, 3.63) is 51.1 Å². The van der Waals surface area contributed by atoms with Gasteiger partial charge < -0.3 is 24.6 Å². The number of benzene rings is 2. The van der Waals surface area contributed by atoms with Crippen molar-refractivity contribution in [2.45, 2.75) is 6.92 Å². The quantitative estimate of drug-likeness (QED) is 0.293. The van der Waals surface area contributed by atoms with Crippen LogP contribution in [0.1, 0.15) is 12.5 Å². The van der Waals surface area contributed by atoms with Crippen LogP contribution in [0.15, 0.2) is 42.0 Å². The fourth-order valence-electron chi connectivity index (χ4n) is 2.40. The number of aliphatic carboxylic acids is 1. The first-order valence-electron chi connectivity index (χ1n) is 8.76. The number of carbonyl (C=O) groups excluding carboxylic acids is 1. The predicted octanol–water partition coefficient (Wildman–Crippen LogP) is 3.71. The van der Waals surface area contributed by atoms with E-state index in [2.05, 4.69) is 5.32 Å². The van der Waals surface area contributed by atoms with Crippen LogP contribution in [0.25, 0.3) is 6.08 Å². The summed E-state index contributed by atoms with van der Waals surface area (Å²) in [6.07, 6.45) is 1.42. The van der Waals surface area contributed by atoms with E-state index in [1.54, 1.807) is 50.4 Å². The number of nitrogens with zero attached hydrogens (tertiary/aromatic N) is 1.